The fourth-order valence-electron chi connectivity index (χ4n) is 4.45. The molecule has 0 unspecified atom stereocenters. The number of para-hydroxylation sites is 1. The third kappa shape index (κ3) is 6.94. The zero-order chi connectivity index (χ0) is 33.2. The second-order valence-electron chi connectivity index (χ2n) is 9.89. The molecule has 6 N–H and O–H groups in total. The van der Waals surface area contributed by atoms with E-state index in [9.17, 15) is 31.0 Å². The smallest absolute Gasteiger partial charge is 0.296 e. The van der Waals surface area contributed by atoms with E-state index >= 15 is 0 Å². The van der Waals surface area contributed by atoms with E-state index in [1.54, 1.807) is 25.1 Å². The topological polar surface area (TPSA) is 226 Å². The first kappa shape index (κ1) is 32.0. The molecule has 0 saturated carbocycles. The summed E-state index contributed by atoms with van der Waals surface area (Å²) in [6.07, 6.45) is 0. The van der Waals surface area contributed by atoms with E-state index < -0.39 is 41.5 Å². The van der Waals surface area contributed by atoms with Crippen LogP contribution in [0.3, 0.4) is 0 Å². The molecule has 0 saturated heterocycles. The molecule has 0 aliphatic rings. The SMILES string of the molecule is COc1cc(N=Nc2ccc(N)cc2S(=O)(=O)O)c(C)cc1N=Nc1c(S(=O)(=O)O)cc2cc(Nc3ccccc3)ccc2c1O. The summed E-state index contributed by atoms with van der Waals surface area (Å²) in [4.78, 5) is -1.20. The average molecular weight is 663 g/mol. The first-order valence-electron chi connectivity index (χ1n) is 13.2. The first-order chi connectivity index (χ1) is 21.7. The Morgan fingerprint density at radius 2 is 1.39 bits per heavy atom. The van der Waals surface area contributed by atoms with Crippen LogP contribution in [0.25, 0.3) is 10.8 Å². The van der Waals surface area contributed by atoms with Gasteiger partial charge in [-0.25, -0.2) is 0 Å². The highest BCUT2D eigenvalue weighted by Gasteiger charge is 2.23. The van der Waals surface area contributed by atoms with Crippen LogP contribution in [0.5, 0.6) is 11.5 Å². The number of azo groups is 2. The number of aromatic hydroxyl groups is 1. The number of nitrogens with two attached hydrogens (primary N) is 1. The number of ether oxygens (including phenoxy) is 1. The number of phenols is 1. The molecule has 0 bridgehead atoms. The van der Waals surface area contributed by atoms with Crippen LogP contribution in [-0.4, -0.2) is 38.2 Å². The Balaban J connectivity index is 1.53. The highest BCUT2D eigenvalue weighted by Crippen LogP contribution is 2.43. The average Bonchev–Trinajstić information content (AvgIpc) is 3.00. The number of rotatable bonds is 9. The number of nitrogens with one attached hydrogen (secondary N) is 1. The van der Waals surface area contributed by atoms with E-state index in [4.69, 9.17) is 10.5 Å². The zero-order valence-corrected chi connectivity index (χ0v) is 25.8. The minimum absolute atomic E-state index is 0.0959. The molecule has 0 aromatic heterocycles. The van der Waals surface area contributed by atoms with Gasteiger partial charge in [0.15, 0.2) is 5.75 Å². The van der Waals surface area contributed by atoms with Crippen molar-refractivity contribution < 1.29 is 35.8 Å². The lowest BCUT2D eigenvalue weighted by atomic mass is 10.1. The molecule has 0 radical (unpaired) electrons. The Morgan fingerprint density at radius 3 is 2.07 bits per heavy atom. The van der Waals surface area contributed by atoms with E-state index in [1.807, 2.05) is 30.3 Å². The summed E-state index contributed by atoms with van der Waals surface area (Å²) in [6, 6.07) is 21.9. The van der Waals surface area contributed by atoms with Gasteiger partial charge in [-0.05, 0) is 78.5 Å². The molecular formula is C30H26N6O8S2. The Kier molecular flexibility index (Phi) is 8.71. The van der Waals surface area contributed by atoms with Gasteiger partial charge in [-0.2, -0.15) is 21.9 Å². The number of hydrogen-bond donors (Lipinski definition) is 5. The van der Waals surface area contributed by atoms with Crippen molar-refractivity contribution in [2.24, 2.45) is 20.5 Å². The van der Waals surface area contributed by atoms with Crippen LogP contribution in [-0.2, 0) is 20.2 Å². The Hall–Kier alpha value is -5.42. The summed E-state index contributed by atoms with van der Waals surface area (Å²) < 4.78 is 73.2. The van der Waals surface area contributed by atoms with Crippen LogP contribution in [0.2, 0.25) is 0 Å². The van der Waals surface area contributed by atoms with Crippen molar-refractivity contribution in [1.82, 2.24) is 0 Å². The maximum Gasteiger partial charge on any atom is 0.296 e. The van der Waals surface area contributed by atoms with Crippen molar-refractivity contribution in [3.8, 4) is 11.5 Å². The van der Waals surface area contributed by atoms with Gasteiger partial charge in [-0.3, -0.25) is 9.11 Å². The fraction of sp³-hybridized carbons (Fsp3) is 0.0667. The molecule has 5 rings (SSSR count). The molecule has 5 aromatic carbocycles. The first-order valence-corrected chi connectivity index (χ1v) is 16.1. The molecule has 0 aliphatic carbocycles. The number of fused-ring (bicyclic) bond motifs is 1. The largest absolute Gasteiger partial charge is 0.505 e. The van der Waals surface area contributed by atoms with Gasteiger partial charge in [-0.15, -0.1) is 15.3 Å². The van der Waals surface area contributed by atoms with Crippen LogP contribution in [0, 0.1) is 6.92 Å². The summed E-state index contributed by atoms with van der Waals surface area (Å²) in [5.74, 6) is -0.416. The highest BCUT2D eigenvalue weighted by molar-refractivity contribution is 7.86. The van der Waals surface area contributed by atoms with Gasteiger partial charge in [0.05, 0.1) is 12.8 Å². The predicted molar refractivity (Wildman–Crippen MR) is 172 cm³/mol. The monoisotopic (exact) mass is 662 g/mol. The van der Waals surface area contributed by atoms with Crippen LogP contribution in [0.15, 0.2) is 115 Å². The predicted octanol–water partition coefficient (Wildman–Crippen LogP) is 7.51. The number of nitrogen functional groups attached to an aromatic ring is 1. The summed E-state index contributed by atoms with van der Waals surface area (Å²) in [5, 5.41) is 30.9. The quantitative estimate of drug-likeness (QED) is 0.0592. The molecule has 0 amide bonds. The van der Waals surface area contributed by atoms with Crippen LogP contribution in [0.1, 0.15) is 5.56 Å². The minimum Gasteiger partial charge on any atom is -0.505 e. The lowest BCUT2D eigenvalue weighted by Crippen LogP contribution is -1.99. The zero-order valence-electron chi connectivity index (χ0n) is 24.1. The lowest BCUT2D eigenvalue weighted by Gasteiger charge is -2.12. The van der Waals surface area contributed by atoms with E-state index in [2.05, 4.69) is 25.8 Å². The molecule has 5 aromatic rings. The minimum atomic E-state index is -4.87. The number of benzene rings is 5. The molecule has 46 heavy (non-hydrogen) atoms. The van der Waals surface area contributed by atoms with Gasteiger partial charge < -0.3 is 20.9 Å². The van der Waals surface area contributed by atoms with E-state index in [0.29, 0.717) is 16.6 Å². The number of nitrogens with zero attached hydrogens (tertiary/aromatic N) is 4. The van der Waals surface area contributed by atoms with Crippen LogP contribution < -0.4 is 15.8 Å². The van der Waals surface area contributed by atoms with E-state index in [1.165, 1.54) is 37.4 Å². The molecule has 0 atom stereocenters. The number of methoxy groups -OCH3 is 1. The van der Waals surface area contributed by atoms with Crippen molar-refractivity contribution in [2.45, 2.75) is 16.7 Å². The molecule has 0 spiro atoms. The van der Waals surface area contributed by atoms with Gasteiger partial charge in [0, 0.05) is 28.5 Å². The van der Waals surface area contributed by atoms with Gasteiger partial charge in [0.2, 0.25) is 0 Å². The molecule has 0 heterocycles. The molecule has 236 valence electrons. The van der Waals surface area contributed by atoms with Gasteiger partial charge in [0.25, 0.3) is 20.2 Å². The molecule has 0 fully saturated rings. The fourth-order valence-corrected chi connectivity index (χ4v) is 5.77. The Morgan fingerprint density at radius 1 is 0.717 bits per heavy atom. The number of aryl methyl sites for hydroxylation is 1. The van der Waals surface area contributed by atoms with Gasteiger partial charge in [0.1, 0.15) is 32.6 Å². The molecule has 0 aliphatic heterocycles. The second-order valence-corrected chi connectivity index (χ2v) is 12.7. The van der Waals surface area contributed by atoms with E-state index in [-0.39, 0.29) is 33.9 Å². The van der Waals surface area contributed by atoms with Crippen molar-refractivity contribution >= 4 is 70.8 Å². The van der Waals surface area contributed by atoms with Crippen LogP contribution in [0.4, 0.5) is 39.8 Å². The van der Waals surface area contributed by atoms with Crippen LogP contribution >= 0.6 is 0 Å². The maximum absolute atomic E-state index is 12.4. The highest BCUT2D eigenvalue weighted by atomic mass is 32.2. The second kappa shape index (κ2) is 12.5. The summed E-state index contributed by atoms with van der Waals surface area (Å²) in [6.45, 7) is 1.64. The number of phenolic OH excluding ortho intramolecular Hbond substituents is 1. The molecule has 14 nitrogen and oxygen atoms in total. The Labute approximate surface area is 263 Å². The Bertz CT molecular complexity index is 2260. The summed E-state index contributed by atoms with van der Waals surface area (Å²) >= 11 is 0. The molecule has 16 heteroatoms. The van der Waals surface area contributed by atoms with Crippen molar-refractivity contribution in [1.29, 1.82) is 0 Å². The third-order valence-corrected chi connectivity index (χ3v) is 8.42. The molecular weight excluding hydrogens is 636 g/mol. The van der Waals surface area contributed by atoms with E-state index in [0.717, 1.165) is 11.8 Å². The summed E-state index contributed by atoms with van der Waals surface area (Å²) in [7, 11) is -8.17. The standard InChI is InChI=1S/C30H26N6O8S2/c1-17-12-25(26(44-2)16-24(17)34-33-23-11-8-19(31)15-27(23)45(38,39)40)35-36-29-28(46(41,42)43)14-18-13-21(9-10-22(18)30(29)37)32-20-6-4-3-5-7-20/h3-16,32,37H,31H2,1-2H3,(H,38,39,40)(H,41,42,43). The van der Waals surface area contributed by atoms with Crippen molar-refractivity contribution in [3.05, 3.63) is 90.5 Å². The van der Waals surface area contributed by atoms with Gasteiger partial charge >= 0.3 is 0 Å². The summed E-state index contributed by atoms with van der Waals surface area (Å²) in [5.41, 5.74) is 7.28. The number of hydrogen-bond acceptors (Lipinski definition) is 12. The van der Waals surface area contributed by atoms with Gasteiger partial charge in [-0.1, -0.05) is 18.2 Å². The maximum atomic E-state index is 12.4. The normalized spacial score (nSPS) is 12.3. The van der Waals surface area contributed by atoms with Crippen molar-refractivity contribution in [3.63, 3.8) is 0 Å². The third-order valence-electron chi connectivity index (χ3n) is 6.67. The lowest BCUT2D eigenvalue weighted by molar-refractivity contribution is 0.416. The number of anilines is 3. The van der Waals surface area contributed by atoms with Crippen molar-refractivity contribution in [2.75, 3.05) is 18.2 Å².